The van der Waals surface area contributed by atoms with Gasteiger partial charge in [-0.05, 0) is 17.7 Å². The molecule has 2 N–H and O–H groups in total. The maximum absolute atomic E-state index is 11.7. The highest BCUT2D eigenvalue weighted by Gasteiger charge is 2.07. The van der Waals surface area contributed by atoms with Crippen LogP contribution in [0.1, 0.15) is 36.0 Å². The number of rotatable bonds is 5. The van der Waals surface area contributed by atoms with Crippen LogP contribution in [0.2, 0.25) is 5.02 Å². The Labute approximate surface area is 133 Å². The Bertz CT molecular complexity index is 595. The smallest absolute Gasteiger partial charge is 0.315 e. The standard InChI is InChI=1S/C15H18ClN3OS/c1-10(2)14-19-13(9-21-14)8-18-15(20)17-7-11-3-5-12(16)6-4-11/h3-6,9-10H,7-8H2,1-2H3,(H2,17,18,20). The van der Waals surface area contributed by atoms with E-state index < -0.39 is 0 Å². The molecule has 0 unspecified atom stereocenters. The van der Waals surface area contributed by atoms with Crippen molar-refractivity contribution >= 4 is 29.0 Å². The summed E-state index contributed by atoms with van der Waals surface area (Å²) in [6.45, 7) is 5.12. The fraction of sp³-hybridized carbons (Fsp3) is 0.333. The Morgan fingerprint density at radius 3 is 2.52 bits per heavy atom. The summed E-state index contributed by atoms with van der Waals surface area (Å²) >= 11 is 7.44. The number of urea groups is 1. The maximum Gasteiger partial charge on any atom is 0.315 e. The maximum atomic E-state index is 11.7. The molecule has 21 heavy (non-hydrogen) atoms. The summed E-state index contributed by atoms with van der Waals surface area (Å²) in [6, 6.07) is 7.18. The molecule has 2 aromatic rings. The van der Waals surface area contributed by atoms with Gasteiger partial charge in [-0.15, -0.1) is 11.3 Å². The van der Waals surface area contributed by atoms with E-state index in [1.54, 1.807) is 23.5 Å². The van der Waals surface area contributed by atoms with E-state index in [1.807, 2.05) is 17.5 Å². The van der Waals surface area contributed by atoms with Gasteiger partial charge in [0, 0.05) is 22.9 Å². The van der Waals surface area contributed by atoms with Crippen molar-refractivity contribution in [2.75, 3.05) is 0 Å². The summed E-state index contributed by atoms with van der Waals surface area (Å²) < 4.78 is 0. The van der Waals surface area contributed by atoms with Crippen molar-refractivity contribution in [3.8, 4) is 0 Å². The van der Waals surface area contributed by atoms with Crippen molar-refractivity contribution < 1.29 is 4.79 Å². The number of aromatic nitrogens is 1. The molecule has 0 aliphatic heterocycles. The molecule has 2 amide bonds. The first-order valence-electron chi connectivity index (χ1n) is 6.75. The zero-order chi connectivity index (χ0) is 15.2. The summed E-state index contributed by atoms with van der Waals surface area (Å²) in [7, 11) is 0. The van der Waals surface area contributed by atoms with Crippen molar-refractivity contribution in [3.63, 3.8) is 0 Å². The summed E-state index contributed by atoms with van der Waals surface area (Å²) in [6.07, 6.45) is 0. The van der Waals surface area contributed by atoms with Crippen molar-refractivity contribution in [3.05, 3.63) is 50.9 Å². The molecular weight excluding hydrogens is 306 g/mol. The van der Waals surface area contributed by atoms with Crippen LogP contribution >= 0.6 is 22.9 Å². The Hall–Kier alpha value is -1.59. The second-order valence-electron chi connectivity index (χ2n) is 4.99. The third-order valence-corrected chi connectivity index (χ3v) is 4.31. The van der Waals surface area contributed by atoms with Crippen molar-refractivity contribution in [1.29, 1.82) is 0 Å². The first kappa shape index (κ1) is 15.8. The highest BCUT2D eigenvalue weighted by molar-refractivity contribution is 7.09. The van der Waals surface area contributed by atoms with Gasteiger partial charge in [0.05, 0.1) is 17.2 Å². The van der Waals surface area contributed by atoms with Crippen LogP contribution in [-0.4, -0.2) is 11.0 Å². The van der Waals surface area contributed by atoms with E-state index in [0.29, 0.717) is 24.0 Å². The van der Waals surface area contributed by atoms with E-state index in [2.05, 4.69) is 29.5 Å². The van der Waals surface area contributed by atoms with Crippen molar-refractivity contribution in [1.82, 2.24) is 15.6 Å². The molecule has 1 aromatic heterocycles. The van der Waals surface area contributed by atoms with E-state index in [0.717, 1.165) is 16.3 Å². The van der Waals surface area contributed by atoms with Gasteiger partial charge in [0.2, 0.25) is 0 Å². The largest absolute Gasteiger partial charge is 0.334 e. The molecule has 0 saturated heterocycles. The van der Waals surface area contributed by atoms with Crippen molar-refractivity contribution in [2.24, 2.45) is 0 Å². The van der Waals surface area contributed by atoms with Gasteiger partial charge in [-0.1, -0.05) is 37.6 Å². The van der Waals surface area contributed by atoms with E-state index in [1.165, 1.54) is 0 Å². The molecule has 0 atom stereocenters. The zero-order valence-electron chi connectivity index (χ0n) is 12.0. The minimum atomic E-state index is -0.205. The Balaban J connectivity index is 1.75. The van der Waals surface area contributed by atoms with E-state index in [4.69, 9.17) is 11.6 Å². The van der Waals surface area contributed by atoms with Crippen LogP contribution in [0.4, 0.5) is 4.79 Å². The summed E-state index contributed by atoms with van der Waals surface area (Å²) in [5, 5.41) is 9.36. The summed E-state index contributed by atoms with van der Waals surface area (Å²) in [5.41, 5.74) is 1.90. The number of benzene rings is 1. The van der Waals surface area contributed by atoms with Gasteiger partial charge >= 0.3 is 6.03 Å². The number of nitrogens with zero attached hydrogens (tertiary/aromatic N) is 1. The Morgan fingerprint density at radius 1 is 1.24 bits per heavy atom. The third kappa shape index (κ3) is 5.02. The number of amides is 2. The SMILES string of the molecule is CC(C)c1nc(CNC(=O)NCc2ccc(Cl)cc2)cs1. The van der Waals surface area contributed by atoms with Crippen LogP contribution in [0.5, 0.6) is 0 Å². The number of hydrogen-bond donors (Lipinski definition) is 2. The molecule has 0 saturated carbocycles. The lowest BCUT2D eigenvalue weighted by Crippen LogP contribution is -2.34. The fourth-order valence-electron chi connectivity index (χ4n) is 1.69. The van der Waals surface area contributed by atoms with Crippen LogP contribution in [0.3, 0.4) is 0 Å². The number of thiazole rings is 1. The number of halogens is 1. The topological polar surface area (TPSA) is 54.0 Å². The van der Waals surface area contributed by atoms with Crippen molar-refractivity contribution in [2.45, 2.75) is 32.9 Å². The summed E-state index contributed by atoms with van der Waals surface area (Å²) in [5.74, 6) is 0.419. The quantitative estimate of drug-likeness (QED) is 0.876. The van der Waals surface area contributed by atoms with Gasteiger partial charge in [0.25, 0.3) is 0 Å². The van der Waals surface area contributed by atoms with Gasteiger partial charge < -0.3 is 10.6 Å². The second-order valence-corrected chi connectivity index (χ2v) is 6.32. The predicted molar refractivity (Wildman–Crippen MR) is 86.7 cm³/mol. The lowest BCUT2D eigenvalue weighted by Gasteiger charge is -2.06. The molecule has 0 bridgehead atoms. The number of nitrogens with one attached hydrogen (secondary N) is 2. The number of carbonyl (C=O) groups excluding carboxylic acids is 1. The van der Waals surface area contributed by atoms with Crippen LogP contribution < -0.4 is 10.6 Å². The van der Waals surface area contributed by atoms with Gasteiger partial charge in [0.1, 0.15) is 0 Å². The molecule has 0 radical (unpaired) electrons. The lowest BCUT2D eigenvalue weighted by molar-refractivity contribution is 0.240. The van der Waals surface area contributed by atoms with Gasteiger partial charge in [-0.3, -0.25) is 0 Å². The monoisotopic (exact) mass is 323 g/mol. The second kappa shape index (κ2) is 7.43. The zero-order valence-corrected chi connectivity index (χ0v) is 13.6. The van der Waals surface area contributed by atoms with Gasteiger partial charge in [0.15, 0.2) is 0 Å². The lowest BCUT2D eigenvalue weighted by atomic mass is 10.2. The first-order chi connectivity index (χ1) is 10.0. The molecule has 112 valence electrons. The van der Waals surface area contributed by atoms with E-state index in [9.17, 15) is 4.79 Å². The minimum absolute atomic E-state index is 0.205. The molecule has 0 fully saturated rings. The molecule has 0 aliphatic rings. The van der Waals surface area contributed by atoms with Crippen LogP contribution in [0, 0.1) is 0 Å². The Morgan fingerprint density at radius 2 is 1.90 bits per heavy atom. The van der Waals surface area contributed by atoms with Crippen LogP contribution in [-0.2, 0) is 13.1 Å². The molecule has 1 heterocycles. The average Bonchev–Trinajstić information content (AvgIpc) is 2.93. The highest BCUT2D eigenvalue weighted by atomic mass is 35.5. The molecule has 4 nitrogen and oxygen atoms in total. The molecule has 0 aliphatic carbocycles. The number of hydrogen-bond acceptors (Lipinski definition) is 3. The highest BCUT2D eigenvalue weighted by Crippen LogP contribution is 2.18. The van der Waals surface area contributed by atoms with E-state index >= 15 is 0 Å². The third-order valence-electron chi connectivity index (χ3n) is 2.86. The Kier molecular flexibility index (Phi) is 5.59. The molecule has 1 aromatic carbocycles. The average molecular weight is 324 g/mol. The minimum Gasteiger partial charge on any atom is -0.334 e. The van der Waals surface area contributed by atoms with Gasteiger partial charge in [-0.2, -0.15) is 0 Å². The normalized spacial score (nSPS) is 10.7. The van der Waals surface area contributed by atoms with Crippen LogP contribution in [0.15, 0.2) is 29.6 Å². The number of carbonyl (C=O) groups is 1. The van der Waals surface area contributed by atoms with E-state index in [-0.39, 0.29) is 6.03 Å². The fourth-order valence-corrected chi connectivity index (χ4v) is 2.65. The summed E-state index contributed by atoms with van der Waals surface area (Å²) in [4.78, 5) is 16.2. The van der Waals surface area contributed by atoms with Crippen LogP contribution in [0.25, 0.3) is 0 Å². The van der Waals surface area contributed by atoms with Gasteiger partial charge in [-0.25, -0.2) is 9.78 Å². The molecule has 0 spiro atoms. The molecular formula is C15H18ClN3OS. The molecule has 6 heteroatoms. The first-order valence-corrected chi connectivity index (χ1v) is 8.01. The molecule has 2 rings (SSSR count). The predicted octanol–water partition coefficient (Wildman–Crippen LogP) is 3.92.